The minimum atomic E-state index is 0.155. The number of rotatable bonds is 3. The van der Waals surface area contributed by atoms with Gasteiger partial charge in [-0.15, -0.1) is 0 Å². The summed E-state index contributed by atoms with van der Waals surface area (Å²) in [6, 6.07) is 16.2. The highest BCUT2D eigenvalue weighted by Gasteiger charge is 2.19. The van der Waals surface area contributed by atoms with Gasteiger partial charge in [-0.3, -0.25) is 0 Å². The molecule has 0 fully saturated rings. The zero-order chi connectivity index (χ0) is 13.1. The monoisotopic (exact) mass is 255 g/mol. The molecule has 0 aromatic heterocycles. The molecule has 2 aromatic carbocycles. The highest BCUT2D eigenvalue weighted by Crippen LogP contribution is 2.29. The van der Waals surface area contributed by atoms with E-state index in [9.17, 15) is 0 Å². The molecule has 3 heteroatoms. The molecule has 1 atom stereocenters. The molecule has 2 aromatic rings. The van der Waals surface area contributed by atoms with Crippen molar-refractivity contribution in [2.45, 2.75) is 12.5 Å². The largest absolute Gasteiger partial charge is 0.497 e. The summed E-state index contributed by atoms with van der Waals surface area (Å²) in [5, 5.41) is 3.41. The van der Waals surface area contributed by atoms with Crippen LogP contribution in [0, 0.1) is 0 Å². The van der Waals surface area contributed by atoms with E-state index < -0.39 is 0 Å². The molecule has 1 N–H and O–H groups in total. The summed E-state index contributed by atoms with van der Waals surface area (Å²) in [4.78, 5) is 0. The molecule has 0 bridgehead atoms. The topological polar surface area (TPSA) is 30.5 Å². The lowest BCUT2D eigenvalue weighted by Gasteiger charge is -2.27. The minimum absolute atomic E-state index is 0.155. The van der Waals surface area contributed by atoms with Crippen LogP contribution in [0.2, 0.25) is 0 Å². The Hall–Kier alpha value is -2.16. The van der Waals surface area contributed by atoms with Gasteiger partial charge in [0, 0.05) is 6.42 Å². The Morgan fingerprint density at radius 1 is 1.21 bits per heavy atom. The van der Waals surface area contributed by atoms with E-state index in [1.807, 2.05) is 36.4 Å². The van der Waals surface area contributed by atoms with Crippen LogP contribution in [0.1, 0.15) is 5.56 Å². The summed E-state index contributed by atoms with van der Waals surface area (Å²) in [6.07, 6.45) is 1.03. The average molecular weight is 255 g/mol. The maximum Gasteiger partial charge on any atom is 0.142 e. The van der Waals surface area contributed by atoms with E-state index in [1.54, 1.807) is 7.11 Å². The maximum atomic E-state index is 6.01. The van der Waals surface area contributed by atoms with Crippen molar-refractivity contribution in [3.8, 4) is 11.5 Å². The molecule has 19 heavy (non-hydrogen) atoms. The van der Waals surface area contributed by atoms with Gasteiger partial charge in [0.2, 0.25) is 0 Å². The fourth-order valence-electron chi connectivity index (χ4n) is 2.34. The van der Waals surface area contributed by atoms with Crippen LogP contribution in [0.3, 0.4) is 0 Å². The van der Waals surface area contributed by atoms with E-state index in [0.717, 1.165) is 30.2 Å². The molecule has 98 valence electrons. The lowest BCUT2D eigenvalue weighted by Crippen LogP contribution is -2.32. The summed E-state index contributed by atoms with van der Waals surface area (Å²) >= 11 is 0. The third kappa shape index (κ3) is 2.65. The molecular formula is C16H17NO2. The van der Waals surface area contributed by atoms with Crippen LogP contribution in [0.15, 0.2) is 48.5 Å². The summed E-state index contributed by atoms with van der Waals surface area (Å²) in [5.41, 5.74) is 2.30. The Balaban J connectivity index is 1.71. The van der Waals surface area contributed by atoms with Crippen LogP contribution < -0.4 is 14.8 Å². The van der Waals surface area contributed by atoms with Crippen molar-refractivity contribution in [1.29, 1.82) is 0 Å². The van der Waals surface area contributed by atoms with Gasteiger partial charge in [0.1, 0.15) is 17.6 Å². The summed E-state index contributed by atoms with van der Waals surface area (Å²) < 4.78 is 11.2. The van der Waals surface area contributed by atoms with Crippen molar-refractivity contribution in [2.75, 3.05) is 19.0 Å². The second-order valence-electron chi connectivity index (χ2n) is 4.67. The predicted molar refractivity (Wildman–Crippen MR) is 76.0 cm³/mol. The van der Waals surface area contributed by atoms with E-state index >= 15 is 0 Å². The van der Waals surface area contributed by atoms with Crippen LogP contribution in [0.5, 0.6) is 11.5 Å². The smallest absolute Gasteiger partial charge is 0.142 e. The van der Waals surface area contributed by atoms with Crippen molar-refractivity contribution in [2.24, 2.45) is 0 Å². The van der Waals surface area contributed by atoms with E-state index in [1.165, 1.54) is 5.56 Å². The molecule has 1 unspecified atom stereocenters. The molecule has 1 aliphatic heterocycles. The molecule has 0 saturated carbocycles. The molecule has 1 aliphatic rings. The normalized spacial score (nSPS) is 17.0. The fraction of sp³-hybridized carbons (Fsp3) is 0.250. The van der Waals surface area contributed by atoms with E-state index in [0.29, 0.717) is 0 Å². The van der Waals surface area contributed by atoms with Gasteiger partial charge < -0.3 is 14.8 Å². The Kier molecular flexibility index (Phi) is 3.27. The third-order valence-electron chi connectivity index (χ3n) is 3.30. The van der Waals surface area contributed by atoms with Gasteiger partial charge in [0.25, 0.3) is 0 Å². The Morgan fingerprint density at radius 3 is 3.00 bits per heavy atom. The molecule has 0 radical (unpaired) electrons. The molecular weight excluding hydrogens is 238 g/mol. The van der Waals surface area contributed by atoms with Crippen LogP contribution in [0.4, 0.5) is 5.69 Å². The maximum absolute atomic E-state index is 6.01. The first-order valence-electron chi connectivity index (χ1n) is 6.47. The van der Waals surface area contributed by atoms with Crippen LogP contribution >= 0.6 is 0 Å². The third-order valence-corrected chi connectivity index (χ3v) is 3.30. The van der Waals surface area contributed by atoms with Crippen molar-refractivity contribution in [3.05, 3.63) is 54.1 Å². The number of fused-ring (bicyclic) bond motifs is 1. The SMILES string of the molecule is COc1cccc(CC2CNc3ccccc3O2)c1. The van der Waals surface area contributed by atoms with E-state index in [2.05, 4.69) is 17.4 Å². The zero-order valence-electron chi connectivity index (χ0n) is 10.9. The van der Waals surface area contributed by atoms with E-state index in [4.69, 9.17) is 9.47 Å². The molecule has 0 spiro atoms. The second-order valence-corrected chi connectivity index (χ2v) is 4.67. The Bertz CT molecular complexity index is 568. The van der Waals surface area contributed by atoms with Crippen LogP contribution in [0.25, 0.3) is 0 Å². The van der Waals surface area contributed by atoms with Crippen LogP contribution in [-0.2, 0) is 6.42 Å². The summed E-state index contributed by atoms with van der Waals surface area (Å²) in [6.45, 7) is 0.828. The minimum Gasteiger partial charge on any atom is -0.497 e. The lowest BCUT2D eigenvalue weighted by molar-refractivity contribution is 0.206. The molecule has 0 aliphatic carbocycles. The van der Waals surface area contributed by atoms with Gasteiger partial charge in [-0.25, -0.2) is 0 Å². The van der Waals surface area contributed by atoms with Gasteiger partial charge in [0.15, 0.2) is 0 Å². The second kappa shape index (κ2) is 5.22. The molecule has 3 rings (SSSR count). The number of nitrogens with one attached hydrogen (secondary N) is 1. The van der Waals surface area contributed by atoms with Crippen molar-refractivity contribution < 1.29 is 9.47 Å². The molecule has 3 nitrogen and oxygen atoms in total. The Labute approximate surface area is 113 Å². The number of para-hydroxylation sites is 2. The quantitative estimate of drug-likeness (QED) is 0.914. The van der Waals surface area contributed by atoms with Crippen molar-refractivity contribution in [3.63, 3.8) is 0 Å². The number of ether oxygens (including phenoxy) is 2. The van der Waals surface area contributed by atoms with Gasteiger partial charge in [-0.1, -0.05) is 24.3 Å². The van der Waals surface area contributed by atoms with Gasteiger partial charge in [-0.2, -0.15) is 0 Å². The first kappa shape index (κ1) is 11.9. The predicted octanol–water partition coefficient (Wildman–Crippen LogP) is 3.11. The van der Waals surface area contributed by atoms with Crippen molar-refractivity contribution in [1.82, 2.24) is 0 Å². The number of anilines is 1. The van der Waals surface area contributed by atoms with Crippen molar-refractivity contribution >= 4 is 5.69 Å². The number of hydrogen-bond acceptors (Lipinski definition) is 3. The number of hydrogen-bond donors (Lipinski definition) is 1. The molecule has 0 amide bonds. The highest BCUT2D eigenvalue weighted by atomic mass is 16.5. The molecule has 0 saturated heterocycles. The summed E-state index contributed by atoms with van der Waals surface area (Å²) in [5.74, 6) is 1.82. The number of methoxy groups -OCH3 is 1. The first-order chi connectivity index (χ1) is 9.35. The lowest BCUT2D eigenvalue weighted by atomic mass is 10.1. The molecule has 1 heterocycles. The van der Waals surface area contributed by atoms with E-state index in [-0.39, 0.29) is 6.10 Å². The van der Waals surface area contributed by atoms with Gasteiger partial charge in [0.05, 0.1) is 19.3 Å². The first-order valence-corrected chi connectivity index (χ1v) is 6.47. The number of benzene rings is 2. The highest BCUT2D eigenvalue weighted by molar-refractivity contribution is 5.57. The Morgan fingerprint density at radius 2 is 2.11 bits per heavy atom. The van der Waals surface area contributed by atoms with Gasteiger partial charge in [-0.05, 0) is 29.8 Å². The standard InChI is InChI=1S/C16H17NO2/c1-18-13-6-4-5-12(9-13)10-14-11-17-15-7-2-3-8-16(15)19-14/h2-9,14,17H,10-11H2,1H3. The van der Waals surface area contributed by atoms with Crippen LogP contribution in [-0.4, -0.2) is 19.8 Å². The zero-order valence-corrected chi connectivity index (χ0v) is 10.9. The average Bonchev–Trinajstić information content (AvgIpc) is 2.47. The fourth-order valence-corrected chi connectivity index (χ4v) is 2.34. The summed E-state index contributed by atoms with van der Waals surface area (Å²) in [7, 11) is 1.69. The van der Waals surface area contributed by atoms with Gasteiger partial charge >= 0.3 is 0 Å².